The molecule has 4 aromatic carbocycles. The van der Waals surface area contributed by atoms with E-state index in [9.17, 15) is 0 Å². The van der Waals surface area contributed by atoms with Crippen LogP contribution in [0.25, 0.3) is 10.8 Å². The zero-order valence-corrected chi connectivity index (χ0v) is 18.3. The van der Waals surface area contributed by atoms with Crippen molar-refractivity contribution in [2.75, 3.05) is 5.32 Å². The molecule has 4 aromatic rings. The number of hydrogen-bond acceptors (Lipinski definition) is 2. The molecule has 146 valence electrons. The van der Waals surface area contributed by atoms with Crippen LogP contribution < -0.4 is 10.1 Å². The third kappa shape index (κ3) is 4.63. The van der Waals surface area contributed by atoms with Gasteiger partial charge in [0.25, 0.3) is 0 Å². The zero-order chi connectivity index (χ0) is 20.2. The molecule has 0 aromatic heterocycles. The normalized spacial score (nSPS) is 10.9. The van der Waals surface area contributed by atoms with Gasteiger partial charge in [0.1, 0.15) is 12.4 Å². The number of aryl methyl sites for hydroxylation is 2. The molecule has 0 atom stereocenters. The second kappa shape index (κ2) is 8.71. The van der Waals surface area contributed by atoms with Gasteiger partial charge in [-0.1, -0.05) is 70.5 Å². The van der Waals surface area contributed by atoms with Crippen LogP contribution in [0.15, 0.2) is 83.3 Å². The summed E-state index contributed by atoms with van der Waals surface area (Å²) in [6, 6.07) is 27.4. The lowest BCUT2D eigenvalue weighted by Gasteiger charge is -2.16. The van der Waals surface area contributed by atoms with Crippen LogP contribution in [0.1, 0.15) is 22.3 Å². The van der Waals surface area contributed by atoms with Crippen molar-refractivity contribution >= 4 is 32.4 Å². The van der Waals surface area contributed by atoms with Crippen molar-refractivity contribution in [2.24, 2.45) is 0 Å². The Morgan fingerprint density at radius 3 is 2.55 bits per heavy atom. The second-order valence-corrected chi connectivity index (χ2v) is 8.27. The first-order valence-electron chi connectivity index (χ1n) is 9.79. The van der Waals surface area contributed by atoms with Gasteiger partial charge in [-0.15, -0.1) is 0 Å². The summed E-state index contributed by atoms with van der Waals surface area (Å²) in [7, 11) is 0. The van der Waals surface area contributed by atoms with Gasteiger partial charge in [0.2, 0.25) is 0 Å². The fourth-order valence-corrected chi connectivity index (χ4v) is 3.93. The maximum atomic E-state index is 6.27. The summed E-state index contributed by atoms with van der Waals surface area (Å²) in [5, 5.41) is 6.04. The lowest BCUT2D eigenvalue weighted by atomic mass is 10.1. The van der Waals surface area contributed by atoms with Crippen LogP contribution in [0, 0.1) is 13.8 Å². The van der Waals surface area contributed by atoms with Crippen LogP contribution in [-0.2, 0) is 13.2 Å². The molecule has 0 spiro atoms. The van der Waals surface area contributed by atoms with Gasteiger partial charge in [-0.05, 0) is 65.6 Å². The largest absolute Gasteiger partial charge is 0.489 e. The number of ether oxygens (including phenoxy) is 1. The first-order chi connectivity index (χ1) is 14.1. The van der Waals surface area contributed by atoms with Crippen LogP contribution >= 0.6 is 15.9 Å². The first kappa shape index (κ1) is 19.5. The fourth-order valence-electron chi connectivity index (χ4n) is 3.52. The Kier molecular flexibility index (Phi) is 5.86. The molecule has 0 radical (unpaired) electrons. The lowest BCUT2D eigenvalue weighted by Crippen LogP contribution is -2.05. The van der Waals surface area contributed by atoms with Crippen molar-refractivity contribution < 1.29 is 4.74 Å². The summed E-state index contributed by atoms with van der Waals surface area (Å²) in [5.74, 6) is 0.902. The molecule has 0 bridgehead atoms. The van der Waals surface area contributed by atoms with E-state index in [1.807, 2.05) is 12.1 Å². The average molecular weight is 446 g/mol. The van der Waals surface area contributed by atoms with E-state index in [0.29, 0.717) is 13.2 Å². The molecule has 3 heteroatoms. The molecule has 0 aliphatic heterocycles. The Hall–Kier alpha value is -2.78. The van der Waals surface area contributed by atoms with E-state index in [1.165, 1.54) is 27.5 Å². The highest BCUT2D eigenvalue weighted by atomic mass is 79.9. The Morgan fingerprint density at radius 1 is 0.828 bits per heavy atom. The minimum Gasteiger partial charge on any atom is -0.489 e. The Morgan fingerprint density at radius 2 is 1.66 bits per heavy atom. The molecule has 0 unspecified atom stereocenters. The highest BCUT2D eigenvalue weighted by molar-refractivity contribution is 9.10. The van der Waals surface area contributed by atoms with E-state index in [0.717, 1.165) is 21.5 Å². The maximum Gasteiger partial charge on any atom is 0.124 e. The van der Waals surface area contributed by atoms with Crippen LogP contribution in [0.3, 0.4) is 0 Å². The summed E-state index contributed by atoms with van der Waals surface area (Å²) in [4.78, 5) is 0. The van der Waals surface area contributed by atoms with Crippen molar-refractivity contribution in [2.45, 2.75) is 27.0 Å². The summed E-state index contributed by atoms with van der Waals surface area (Å²) >= 11 is 3.59. The Labute approximate surface area is 180 Å². The molecule has 2 nitrogen and oxygen atoms in total. The third-order valence-electron chi connectivity index (χ3n) is 5.15. The van der Waals surface area contributed by atoms with Gasteiger partial charge in [0.15, 0.2) is 0 Å². The highest BCUT2D eigenvalue weighted by Crippen LogP contribution is 2.27. The average Bonchev–Trinajstić information content (AvgIpc) is 2.73. The zero-order valence-electron chi connectivity index (χ0n) is 16.7. The van der Waals surface area contributed by atoms with Crippen LogP contribution in [-0.4, -0.2) is 0 Å². The van der Waals surface area contributed by atoms with Crippen LogP contribution in [0.2, 0.25) is 0 Å². The minimum atomic E-state index is 0.541. The molecule has 29 heavy (non-hydrogen) atoms. The molecule has 0 saturated carbocycles. The topological polar surface area (TPSA) is 21.3 Å². The first-order valence-corrected chi connectivity index (χ1v) is 10.6. The number of rotatable bonds is 6. The van der Waals surface area contributed by atoms with Crippen LogP contribution in [0.5, 0.6) is 5.75 Å². The van der Waals surface area contributed by atoms with Crippen molar-refractivity contribution in [1.29, 1.82) is 0 Å². The van der Waals surface area contributed by atoms with E-state index in [1.54, 1.807) is 0 Å². The number of hydrogen-bond donors (Lipinski definition) is 1. The molecule has 0 aliphatic carbocycles. The van der Waals surface area contributed by atoms with Crippen molar-refractivity contribution in [3.8, 4) is 5.75 Å². The standard InChI is InChI=1S/C26H24BrNO/c1-18-10-11-19(2)25(14-18)28-16-22-15-23(27)12-13-26(22)29-17-21-8-5-7-20-6-3-4-9-24(20)21/h3-15,28H,16-17H2,1-2H3. The van der Waals surface area contributed by atoms with E-state index in [-0.39, 0.29) is 0 Å². The SMILES string of the molecule is Cc1ccc(C)c(NCc2cc(Br)ccc2OCc2cccc3ccccc23)c1. The number of nitrogens with one attached hydrogen (secondary N) is 1. The van der Waals surface area contributed by atoms with Crippen molar-refractivity contribution in [3.05, 3.63) is 106 Å². The van der Waals surface area contributed by atoms with E-state index in [4.69, 9.17) is 4.74 Å². The third-order valence-corrected chi connectivity index (χ3v) is 5.64. The van der Waals surface area contributed by atoms with E-state index in [2.05, 4.69) is 102 Å². The monoisotopic (exact) mass is 445 g/mol. The smallest absolute Gasteiger partial charge is 0.124 e. The number of anilines is 1. The summed E-state index contributed by atoms with van der Waals surface area (Å²) in [6.45, 7) is 5.48. The van der Waals surface area contributed by atoms with E-state index < -0.39 is 0 Å². The minimum absolute atomic E-state index is 0.541. The summed E-state index contributed by atoms with van der Waals surface area (Å²) in [6.07, 6.45) is 0. The van der Waals surface area contributed by atoms with Gasteiger partial charge in [-0.3, -0.25) is 0 Å². The van der Waals surface area contributed by atoms with Gasteiger partial charge in [-0.25, -0.2) is 0 Å². The number of benzene rings is 4. The van der Waals surface area contributed by atoms with Gasteiger partial charge in [0.05, 0.1) is 0 Å². The quantitative estimate of drug-likeness (QED) is 0.333. The molecule has 0 amide bonds. The van der Waals surface area contributed by atoms with Gasteiger partial charge in [-0.2, -0.15) is 0 Å². The van der Waals surface area contributed by atoms with Crippen molar-refractivity contribution in [1.82, 2.24) is 0 Å². The molecule has 4 rings (SSSR count). The summed E-state index contributed by atoms with van der Waals surface area (Å²) in [5.41, 5.74) is 5.97. The highest BCUT2D eigenvalue weighted by Gasteiger charge is 2.08. The Bertz CT molecular complexity index is 1150. The van der Waals surface area contributed by atoms with Crippen LogP contribution in [0.4, 0.5) is 5.69 Å². The lowest BCUT2D eigenvalue weighted by molar-refractivity contribution is 0.304. The predicted molar refractivity (Wildman–Crippen MR) is 126 cm³/mol. The molecule has 1 N–H and O–H groups in total. The summed E-state index contributed by atoms with van der Waals surface area (Å²) < 4.78 is 7.32. The fraction of sp³-hybridized carbons (Fsp3) is 0.154. The maximum absolute atomic E-state index is 6.27. The second-order valence-electron chi connectivity index (χ2n) is 7.35. The van der Waals surface area contributed by atoms with Gasteiger partial charge >= 0.3 is 0 Å². The van der Waals surface area contributed by atoms with E-state index >= 15 is 0 Å². The number of fused-ring (bicyclic) bond motifs is 1. The van der Waals surface area contributed by atoms with Gasteiger partial charge in [0, 0.05) is 22.3 Å². The molecular weight excluding hydrogens is 422 g/mol. The molecule has 0 aliphatic rings. The Balaban J connectivity index is 1.54. The predicted octanol–water partition coefficient (Wildman–Crippen LogP) is 7.41. The molecule has 0 fully saturated rings. The van der Waals surface area contributed by atoms with Crippen molar-refractivity contribution in [3.63, 3.8) is 0 Å². The molecule has 0 saturated heterocycles. The van der Waals surface area contributed by atoms with Gasteiger partial charge < -0.3 is 10.1 Å². The molecule has 0 heterocycles. The number of halogens is 1. The molecular formula is C26H24BrNO.